The van der Waals surface area contributed by atoms with Crippen molar-refractivity contribution >= 4 is 17.0 Å². The Morgan fingerprint density at radius 1 is 1.24 bits per heavy atom. The van der Waals surface area contributed by atoms with Crippen LogP contribution >= 0.6 is 11.3 Å². The van der Waals surface area contributed by atoms with E-state index in [1.54, 1.807) is 11.3 Å². The minimum absolute atomic E-state index is 0.866. The highest BCUT2D eigenvalue weighted by Crippen LogP contribution is 2.16. The van der Waals surface area contributed by atoms with Gasteiger partial charge in [-0.05, 0) is 30.5 Å². The van der Waals surface area contributed by atoms with Crippen LogP contribution in [0.25, 0.3) is 0 Å². The summed E-state index contributed by atoms with van der Waals surface area (Å²) in [5.41, 5.74) is 2.56. The molecule has 2 rings (SSSR count). The van der Waals surface area contributed by atoms with E-state index in [2.05, 4.69) is 48.4 Å². The van der Waals surface area contributed by atoms with Gasteiger partial charge in [0.25, 0.3) is 0 Å². The van der Waals surface area contributed by atoms with Crippen molar-refractivity contribution in [1.82, 2.24) is 4.98 Å². The van der Waals surface area contributed by atoms with Crippen molar-refractivity contribution in [2.45, 2.75) is 33.2 Å². The van der Waals surface area contributed by atoms with E-state index in [9.17, 15) is 0 Å². The molecule has 0 atom stereocenters. The number of hydrogen-bond acceptors (Lipinski definition) is 3. The Morgan fingerprint density at radius 3 is 2.82 bits per heavy atom. The second-order valence-electron chi connectivity index (χ2n) is 3.98. The monoisotopic (exact) mass is 246 g/mol. The lowest BCUT2D eigenvalue weighted by Crippen LogP contribution is -1.97. The molecule has 0 radical (unpaired) electrons. The lowest BCUT2D eigenvalue weighted by molar-refractivity contribution is 1.09. The highest BCUT2D eigenvalue weighted by molar-refractivity contribution is 7.11. The molecule has 90 valence electrons. The Morgan fingerprint density at radius 2 is 2.12 bits per heavy atom. The molecule has 0 saturated carbocycles. The van der Waals surface area contributed by atoms with Gasteiger partial charge in [0, 0.05) is 16.8 Å². The first-order valence-electron chi connectivity index (χ1n) is 6.08. The quantitative estimate of drug-likeness (QED) is 0.866. The Kier molecular flexibility index (Phi) is 4.15. The third-order valence-electron chi connectivity index (χ3n) is 2.71. The first-order valence-corrected chi connectivity index (χ1v) is 6.90. The number of aromatic nitrogens is 1. The topological polar surface area (TPSA) is 24.9 Å². The number of hydrogen-bond donors (Lipinski definition) is 1. The number of thiazole rings is 1. The third kappa shape index (κ3) is 3.30. The van der Waals surface area contributed by atoms with Gasteiger partial charge < -0.3 is 5.32 Å². The number of rotatable bonds is 5. The van der Waals surface area contributed by atoms with Gasteiger partial charge in [0.2, 0.25) is 0 Å². The highest BCUT2D eigenvalue weighted by Gasteiger charge is 2.00. The fourth-order valence-electron chi connectivity index (χ4n) is 1.68. The van der Waals surface area contributed by atoms with Crippen molar-refractivity contribution in [3.05, 3.63) is 45.9 Å². The van der Waals surface area contributed by atoms with Crippen LogP contribution in [0.4, 0.5) is 5.69 Å². The fourth-order valence-corrected chi connectivity index (χ4v) is 2.49. The maximum atomic E-state index is 4.36. The van der Waals surface area contributed by atoms with Crippen LogP contribution in [0.1, 0.15) is 29.3 Å². The first-order chi connectivity index (χ1) is 8.31. The first kappa shape index (κ1) is 12.1. The molecule has 0 aliphatic carbocycles. The Labute approximate surface area is 107 Å². The van der Waals surface area contributed by atoms with Crippen molar-refractivity contribution in [3.8, 4) is 0 Å². The summed E-state index contributed by atoms with van der Waals surface area (Å²) in [6, 6.07) is 8.58. The summed E-state index contributed by atoms with van der Waals surface area (Å²) in [7, 11) is 0. The predicted octanol–water partition coefficient (Wildman–Crippen LogP) is 3.88. The molecule has 2 aromatic rings. The molecule has 0 fully saturated rings. The summed E-state index contributed by atoms with van der Waals surface area (Å²) in [5, 5.41) is 4.66. The molecule has 17 heavy (non-hydrogen) atoms. The van der Waals surface area contributed by atoms with Gasteiger partial charge in [-0.2, -0.15) is 0 Å². The molecular weight excluding hydrogens is 228 g/mol. The lowest BCUT2D eigenvalue weighted by atomic mass is 10.1. The average molecular weight is 246 g/mol. The molecule has 2 nitrogen and oxygen atoms in total. The Balaban J connectivity index is 1.96. The van der Waals surface area contributed by atoms with E-state index in [1.807, 2.05) is 6.20 Å². The van der Waals surface area contributed by atoms with Crippen molar-refractivity contribution in [2.75, 3.05) is 5.32 Å². The van der Waals surface area contributed by atoms with Crippen LogP contribution in [-0.2, 0) is 19.4 Å². The molecule has 1 heterocycles. The zero-order valence-electron chi connectivity index (χ0n) is 10.4. The van der Waals surface area contributed by atoms with Crippen molar-refractivity contribution in [2.24, 2.45) is 0 Å². The number of benzene rings is 1. The Bertz CT molecular complexity index is 477. The summed E-state index contributed by atoms with van der Waals surface area (Å²) >= 11 is 1.79. The van der Waals surface area contributed by atoms with Gasteiger partial charge in [0.1, 0.15) is 0 Å². The van der Waals surface area contributed by atoms with Crippen LogP contribution in [0.2, 0.25) is 0 Å². The van der Waals surface area contributed by atoms with E-state index in [1.165, 1.54) is 21.1 Å². The van der Waals surface area contributed by atoms with Gasteiger partial charge in [-0.15, -0.1) is 11.3 Å². The molecule has 1 aromatic carbocycles. The zero-order valence-corrected chi connectivity index (χ0v) is 11.2. The largest absolute Gasteiger partial charge is 0.380 e. The highest BCUT2D eigenvalue weighted by atomic mass is 32.1. The normalized spacial score (nSPS) is 10.5. The van der Waals surface area contributed by atoms with Gasteiger partial charge in [-0.3, -0.25) is 0 Å². The third-order valence-corrected chi connectivity index (χ3v) is 3.85. The SMILES string of the molecule is CCc1cccc(NCc2cnc(CC)s2)c1. The van der Waals surface area contributed by atoms with Crippen LogP contribution < -0.4 is 5.32 Å². The van der Waals surface area contributed by atoms with E-state index >= 15 is 0 Å². The Hall–Kier alpha value is -1.35. The minimum Gasteiger partial charge on any atom is -0.380 e. The van der Waals surface area contributed by atoms with Gasteiger partial charge in [0.05, 0.1) is 11.6 Å². The van der Waals surface area contributed by atoms with E-state index in [-0.39, 0.29) is 0 Å². The van der Waals surface area contributed by atoms with E-state index < -0.39 is 0 Å². The summed E-state index contributed by atoms with van der Waals surface area (Å²) in [4.78, 5) is 5.65. The smallest absolute Gasteiger partial charge is 0.0925 e. The number of nitrogens with one attached hydrogen (secondary N) is 1. The molecule has 0 spiro atoms. The molecule has 0 amide bonds. The number of nitrogens with zero attached hydrogens (tertiary/aromatic N) is 1. The van der Waals surface area contributed by atoms with Crippen molar-refractivity contribution in [3.63, 3.8) is 0 Å². The summed E-state index contributed by atoms with van der Waals surface area (Å²) in [6.07, 6.45) is 4.08. The number of anilines is 1. The van der Waals surface area contributed by atoms with Gasteiger partial charge >= 0.3 is 0 Å². The van der Waals surface area contributed by atoms with E-state index in [0.717, 1.165) is 19.4 Å². The van der Waals surface area contributed by atoms with Crippen LogP contribution in [0.3, 0.4) is 0 Å². The predicted molar refractivity (Wildman–Crippen MR) is 74.6 cm³/mol. The maximum absolute atomic E-state index is 4.36. The molecule has 0 aliphatic rings. The van der Waals surface area contributed by atoms with Crippen LogP contribution in [-0.4, -0.2) is 4.98 Å². The maximum Gasteiger partial charge on any atom is 0.0925 e. The van der Waals surface area contributed by atoms with Crippen LogP contribution in [0.5, 0.6) is 0 Å². The molecule has 0 unspecified atom stereocenters. The zero-order chi connectivity index (χ0) is 12.1. The van der Waals surface area contributed by atoms with Crippen LogP contribution in [0, 0.1) is 0 Å². The van der Waals surface area contributed by atoms with Crippen molar-refractivity contribution < 1.29 is 0 Å². The van der Waals surface area contributed by atoms with Gasteiger partial charge in [0.15, 0.2) is 0 Å². The molecule has 0 aliphatic heterocycles. The van der Waals surface area contributed by atoms with Crippen molar-refractivity contribution in [1.29, 1.82) is 0 Å². The van der Waals surface area contributed by atoms with Gasteiger partial charge in [-0.25, -0.2) is 4.98 Å². The molecule has 0 bridgehead atoms. The minimum atomic E-state index is 0.866. The summed E-state index contributed by atoms with van der Waals surface area (Å²) in [5.74, 6) is 0. The fraction of sp³-hybridized carbons (Fsp3) is 0.357. The molecule has 1 N–H and O–H groups in total. The van der Waals surface area contributed by atoms with E-state index in [4.69, 9.17) is 0 Å². The molecule has 1 aromatic heterocycles. The molecular formula is C14H18N2S. The lowest BCUT2D eigenvalue weighted by Gasteiger charge is -2.05. The standard InChI is InChI=1S/C14H18N2S/c1-3-11-6-5-7-12(8-11)15-9-13-10-16-14(4-2)17-13/h5-8,10,15H,3-4,9H2,1-2H3. The second kappa shape index (κ2) is 5.82. The van der Waals surface area contributed by atoms with Gasteiger partial charge in [-0.1, -0.05) is 26.0 Å². The number of aryl methyl sites for hydroxylation is 2. The molecule has 3 heteroatoms. The summed E-state index contributed by atoms with van der Waals surface area (Å²) < 4.78 is 0. The average Bonchev–Trinajstić information content (AvgIpc) is 2.84. The second-order valence-corrected chi connectivity index (χ2v) is 5.18. The summed E-state index contributed by atoms with van der Waals surface area (Å²) in [6.45, 7) is 5.18. The molecule has 0 saturated heterocycles. The van der Waals surface area contributed by atoms with E-state index in [0.29, 0.717) is 0 Å². The van der Waals surface area contributed by atoms with Crippen LogP contribution in [0.15, 0.2) is 30.5 Å².